The molecule has 7 heteroatoms. The average molecular weight is 382 g/mol. The molecule has 0 unspecified atom stereocenters. The van der Waals surface area contributed by atoms with E-state index in [0.717, 1.165) is 38.9 Å². The first-order valence-electron chi connectivity index (χ1n) is 9.76. The fourth-order valence-electron chi connectivity index (χ4n) is 3.79. The number of nitrogens with zero attached hydrogens (tertiary/aromatic N) is 2. The number of nitrogens with one attached hydrogen (secondary N) is 1. The summed E-state index contributed by atoms with van der Waals surface area (Å²) in [5.41, 5.74) is 7.72. The minimum atomic E-state index is -0.430. The van der Waals surface area contributed by atoms with Crippen LogP contribution >= 0.6 is 0 Å². The van der Waals surface area contributed by atoms with Crippen molar-refractivity contribution in [2.45, 2.75) is 38.0 Å². The molecule has 4 rings (SSSR count). The van der Waals surface area contributed by atoms with Crippen LogP contribution in [0, 0.1) is 0 Å². The molecule has 1 fully saturated rings. The van der Waals surface area contributed by atoms with E-state index in [9.17, 15) is 4.79 Å². The highest BCUT2D eigenvalue weighted by Crippen LogP contribution is 2.29. The van der Waals surface area contributed by atoms with Gasteiger partial charge in [-0.05, 0) is 36.1 Å². The molecule has 0 radical (unpaired) electrons. The Hall–Kier alpha value is -2.80. The number of pyridine rings is 1. The summed E-state index contributed by atoms with van der Waals surface area (Å²) in [5.74, 6) is 1.29. The molecule has 0 aliphatic carbocycles. The maximum Gasteiger partial charge on any atom is 0.312 e. The van der Waals surface area contributed by atoms with Crippen LogP contribution in [0.3, 0.4) is 0 Å². The predicted molar refractivity (Wildman–Crippen MR) is 105 cm³/mol. The number of carbonyl (C=O) groups is 1. The van der Waals surface area contributed by atoms with Crippen molar-refractivity contribution in [1.82, 2.24) is 15.2 Å². The molecule has 2 aromatic rings. The molecule has 1 aromatic carbocycles. The predicted octanol–water partition coefficient (Wildman–Crippen LogP) is 2.10. The molecule has 7 nitrogen and oxygen atoms in total. The van der Waals surface area contributed by atoms with Crippen molar-refractivity contribution in [1.29, 1.82) is 0 Å². The van der Waals surface area contributed by atoms with E-state index in [-0.39, 0.29) is 12.1 Å². The first-order chi connectivity index (χ1) is 13.7. The molecule has 3 heterocycles. The lowest BCUT2D eigenvalue weighted by atomic mass is 10.0. The number of urea groups is 1. The van der Waals surface area contributed by atoms with E-state index in [2.05, 4.69) is 39.5 Å². The molecule has 3 N–H and O–H groups in total. The van der Waals surface area contributed by atoms with E-state index in [1.807, 2.05) is 12.1 Å². The summed E-state index contributed by atoms with van der Waals surface area (Å²) >= 11 is 0. The van der Waals surface area contributed by atoms with Crippen LogP contribution in [-0.4, -0.2) is 47.8 Å². The van der Waals surface area contributed by atoms with Gasteiger partial charge in [0.05, 0.1) is 0 Å². The van der Waals surface area contributed by atoms with Gasteiger partial charge in [0.25, 0.3) is 5.88 Å². The van der Waals surface area contributed by atoms with E-state index in [1.165, 1.54) is 11.1 Å². The molecule has 1 saturated heterocycles. The molecule has 2 aliphatic heterocycles. The van der Waals surface area contributed by atoms with Crippen LogP contribution in [0.15, 0.2) is 42.6 Å². The Labute approximate surface area is 164 Å². The van der Waals surface area contributed by atoms with E-state index in [1.54, 1.807) is 6.20 Å². The van der Waals surface area contributed by atoms with Crippen LogP contribution < -0.4 is 20.5 Å². The van der Waals surface area contributed by atoms with Crippen molar-refractivity contribution in [2.75, 3.05) is 19.7 Å². The Morgan fingerprint density at radius 1 is 1.18 bits per heavy atom. The summed E-state index contributed by atoms with van der Waals surface area (Å²) in [6.07, 6.45) is 4.36. The first-order valence-corrected chi connectivity index (χ1v) is 9.76. The van der Waals surface area contributed by atoms with Crippen LogP contribution in [0.1, 0.15) is 24.0 Å². The average Bonchev–Trinajstić information content (AvgIpc) is 2.70. The Kier molecular flexibility index (Phi) is 5.62. The van der Waals surface area contributed by atoms with E-state index < -0.39 is 6.03 Å². The summed E-state index contributed by atoms with van der Waals surface area (Å²) in [6.45, 7) is 3.39. The minimum absolute atomic E-state index is 0.0231. The SMILES string of the molecule is NC(=O)NC1CCN(Cc2ccc(C[C@H]3COc4cccnc4O3)cc2)CC1. The standard InChI is InChI=1S/C21H26N4O3/c22-21(26)24-17-7-10-25(11-8-17)13-16-5-3-15(4-6-16)12-18-14-27-19-2-1-9-23-20(19)28-18/h1-6,9,17-18H,7-8,10-14H2,(H3,22,24,26)/t18-/m0/s1. The third kappa shape index (κ3) is 4.72. The molecule has 2 amide bonds. The molecule has 148 valence electrons. The number of carbonyl (C=O) groups excluding carboxylic acids is 1. The van der Waals surface area contributed by atoms with Crippen LogP contribution in [0.5, 0.6) is 11.6 Å². The van der Waals surface area contributed by atoms with Crippen LogP contribution in [0.4, 0.5) is 4.79 Å². The summed E-state index contributed by atoms with van der Waals surface area (Å²) in [5, 5.41) is 2.80. The fraction of sp³-hybridized carbons (Fsp3) is 0.429. The van der Waals surface area contributed by atoms with Gasteiger partial charge in [0.1, 0.15) is 12.7 Å². The number of hydrogen-bond donors (Lipinski definition) is 2. The highest BCUT2D eigenvalue weighted by Gasteiger charge is 2.22. The maximum absolute atomic E-state index is 11.0. The number of likely N-dealkylation sites (tertiary alicyclic amines) is 1. The van der Waals surface area contributed by atoms with Crippen molar-refractivity contribution >= 4 is 6.03 Å². The maximum atomic E-state index is 11.0. The number of primary amides is 1. The number of benzene rings is 1. The lowest BCUT2D eigenvalue weighted by Gasteiger charge is -2.32. The van der Waals surface area contributed by atoms with Gasteiger partial charge in [-0.15, -0.1) is 0 Å². The fourth-order valence-corrected chi connectivity index (χ4v) is 3.79. The monoisotopic (exact) mass is 382 g/mol. The van der Waals surface area contributed by atoms with Crippen molar-refractivity contribution in [2.24, 2.45) is 5.73 Å². The second-order valence-electron chi connectivity index (χ2n) is 7.44. The van der Waals surface area contributed by atoms with Gasteiger partial charge in [0.2, 0.25) is 0 Å². The number of nitrogens with two attached hydrogens (primary N) is 1. The van der Waals surface area contributed by atoms with Crippen LogP contribution in [-0.2, 0) is 13.0 Å². The Bertz CT molecular complexity index is 804. The van der Waals surface area contributed by atoms with Gasteiger partial charge in [-0.1, -0.05) is 24.3 Å². The van der Waals surface area contributed by atoms with E-state index in [0.29, 0.717) is 18.2 Å². The summed E-state index contributed by atoms with van der Waals surface area (Å²) < 4.78 is 11.7. The van der Waals surface area contributed by atoms with Crippen LogP contribution in [0.2, 0.25) is 0 Å². The second-order valence-corrected chi connectivity index (χ2v) is 7.44. The molecular weight excluding hydrogens is 356 g/mol. The third-order valence-corrected chi connectivity index (χ3v) is 5.27. The Balaban J connectivity index is 1.26. The Morgan fingerprint density at radius 3 is 2.68 bits per heavy atom. The summed E-state index contributed by atoms with van der Waals surface area (Å²) in [7, 11) is 0. The van der Waals surface area contributed by atoms with Gasteiger partial charge in [0.15, 0.2) is 5.75 Å². The molecule has 28 heavy (non-hydrogen) atoms. The molecule has 0 saturated carbocycles. The smallest absolute Gasteiger partial charge is 0.312 e. The van der Waals surface area contributed by atoms with Crippen LogP contribution in [0.25, 0.3) is 0 Å². The van der Waals surface area contributed by atoms with Crippen molar-refractivity contribution in [3.8, 4) is 11.6 Å². The zero-order valence-electron chi connectivity index (χ0n) is 15.8. The number of amides is 2. The lowest BCUT2D eigenvalue weighted by Crippen LogP contribution is -2.46. The Morgan fingerprint density at radius 2 is 1.93 bits per heavy atom. The largest absolute Gasteiger partial charge is 0.484 e. The first kappa shape index (κ1) is 18.6. The number of fused-ring (bicyclic) bond motifs is 1. The summed E-state index contributed by atoms with van der Waals surface area (Å²) in [4.78, 5) is 17.6. The number of aromatic nitrogens is 1. The van der Waals surface area contributed by atoms with Gasteiger partial charge in [0, 0.05) is 38.3 Å². The quantitative estimate of drug-likeness (QED) is 0.827. The van der Waals surface area contributed by atoms with Gasteiger partial charge < -0.3 is 20.5 Å². The third-order valence-electron chi connectivity index (χ3n) is 5.27. The molecule has 0 spiro atoms. The zero-order valence-corrected chi connectivity index (χ0v) is 15.8. The highest BCUT2D eigenvalue weighted by molar-refractivity contribution is 5.71. The normalized spacial score (nSPS) is 19.9. The number of hydrogen-bond acceptors (Lipinski definition) is 5. The number of rotatable bonds is 5. The second kappa shape index (κ2) is 8.48. The molecule has 2 aliphatic rings. The van der Waals surface area contributed by atoms with Gasteiger partial charge in [-0.3, -0.25) is 4.90 Å². The lowest BCUT2D eigenvalue weighted by molar-refractivity contribution is 0.0852. The van der Waals surface area contributed by atoms with Crippen molar-refractivity contribution < 1.29 is 14.3 Å². The molecule has 0 bridgehead atoms. The summed E-state index contributed by atoms with van der Waals surface area (Å²) in [6, 6.07) is 12.2. The minimum Gasteiger partial charge on any atom is -0.484 e. The van der Waals surface area contributed by atoms with E-state index >= 15 is 0 Å². The molecule has 1 aromatic heterocycles. The topological polar surface area (TPSA) is 89.7 Å². The number of ether oxygens (including phenoxy) is 2. The van der Waals surface area contributed by atoms with Gasteiger partial charge >= 0.3 is 6.03 Å². The molecule has 1 atom stereocenters. The number of piperidine rings is 1. The van der Waals surface area contributed by atoms with Crippen molar-refractivity contribution in [3.63, 3.8) is 0 Å². The van der Waals surface area contributed by atoms with Gasteiger partial charge in [-0.2, -0.15) is 0 Å². The molecular formula is C21H26N4O3. The highest BCUT2D eigenvalue weighted by atomic mass is 16.6. The zero-order chi connectivity index (χ0) is 19.3. The van der Waals surface area contributed by atoms with E-state index in [4.69, 9.17) is 15.2 Å². The van der Waals surface area contributed by atoms with Gasteiger partial charge in [-0.25, -0.2) is 9.78 Å². The van der Waals surface area contributed by atoms with Crippen molar-refractivity contribution in [3.05, 3.63) is 53.7 Å².